The maximum absolute atomic E-state index is 13.1. The van der Waals surface area contributed by atoms with Crippen LogP contribution >= 0.6 is 23.2 Å². The highest BCUT2D eigenvalue weighted by Gasteiger charge is 2.26. The highest BCUT2D eigenvalue weighted by atomic mass is 35.5. The van der Waals surface area contributed by atoms with Gasteiger partial charge in [-0.3, -0.25) is 9.59 Å². The monoisotopic (exact) mass is 513 g/mol. The summed E-state index contributed by atoms with van der Waals surface area (Å²) in [5.74, 6) is -1.71. The van der Waals surface area contributed by atoms with Crippen LogP contribution in [0, 0.1) is 0 Å². The minimum absolute atomic E-state index is 0.0176. The molecule has 0 bridgehead atoms. The number of esters is 1. The minimum Gasteiger partial charge on any atom is -0.459 e. The van der Waals surface area contributed by atoms with Crippen LogP contribution in [0.4, 0.5) is 0 Å². The van der Waals surface area contributed by atoms with E-state index < -0.39 is 17.9 Å². The van der Waals surface area contributed by atoms with E-state index in [4.69, 9.17) is 27.9 Å². The number of rotatable bonds is 10. The number of halogens is 2. The molecule has 182 valence electrons. The topological polar surface area (TPSA) is 96.5 Å². The van der Waals surface area contributed by atoms with E-state index >= 15 is 0 Å². The van der Waals surface area contributed by atoms with Crippen molar-refractivity contribution >= 4 is 41.0 Å². The van der Waals surface area contributed by atoms with Crippen LogP contribution < -0.4 is 16.0 Å². The van der Waals surface area contributed by atoms with Crippen molar-refractivity contribution in [1.29, 1.82) is 0 Å². The third-order valence-electron chi connectivity index (χ3n) is 5.03. The van der Waals surface area contributed by atoms with Crippen molar-refractivity contribution in [2.45, 2.75) is 12.6 Å². The van der Waals surface area contributed by atoms with Crippen LogP contribution in [0.25, 0.3) is 11.1 Å². The standard InChI is InChI=1S/C26H25Cl2N3O4/c1-29-15-23(32)30-14-22(26(34)35-16-17-8-4-2-5-9-17)31-25(33)24-20(27)12-19(13-21(24)28)18-10-6-3-7-11-18/h2-13,22,29H,14-16H2,1H3,(H,30,32)(H,31,33)/t22-/m0/s1. The summed E-state index contributed by atoms with van der Waals surface area (Å²) in [7, 11) is 1.62. The molecule has 0 saturated heterocycles. The zero-order valence-electron chi connectivity index (χ0n) is 19.0. The lowest BCUT2D eigenvalue weighted by atomic mass is 10.0. The van der Waals surface area contributed by atoms with Gasteiger partial charge in [-0.25, -0.2) is 4.79 Å². The Kier molecular flexibility index (Phi) is 9.66. The van der Waals surface area contributed by atoms with Gasteiger partial charge in [0.2, 0.25) is 5.91 Å². The predicted octanol–water partition coefficient (Wildman–Crippen LogP) is 3.84. The Balaban J connectivity index is 1.76. The lowest BCUT2D eigenvalue weighted by Crippen LogP contribution is -2.50. The van der Waals surface area contributed by atoms with Crippen LogP contribution in [-0.4, -0.2) is 44.0 Å². The van der Waals surface area contributed by atoms with E-state index in [1.54, 1.807) is 19.2 Å². The normalized spacial score (nSPS) is 11.4. The summed E-state index contributed by atoms with van der Waals surface area (Å²) in [5, 5.41) is 8.16. The van der Waals surface area contributed by atoms with Crippen molar-refractivity contribution in [1.82, 2.24) is 16.0 Å². The minimum atomic E-state index is -1.16. The largest absolute Gasteiger partial charge is 0.459 e. The number of amides is 2. The molecule has 9 heteroatoms. The Hall–Kier alpha value is -3.39. The number of nitrogens with one attached hydrogen (secondary N) is 3. The predicted molar refractivity (Wildman–Crippen MR) is 136 cm³/mol. The van der Waals surface area contributed by atoms with Gasteiger partial charge in [-0.05, 0) is 35.9 Å². The summed E-state index contributed by atoms with van der Waals surface area (Å²) in [5.41, 5.74) is 2.44. The van der Waals surface area contributed by atoms with Crippen molar-refractivity contribution in [3.05, 3.63) is 94.0 Å². The highest BCUT2D eigenvalue weighted by Crippen LogP contribution is 2.31. The fraction of sp³-hybridized carbons (Fsp3) is 0.192. The van der Waals surface area contributed by atoms with Crippen LogP contribution in [0.5, 0.6) is 0 Å². The molecule has 0 fully saturated rings. The van der Waals surface area contributed by atoms with Gasteiger partial charge in [0.15, 0.2) is 0 Å². The van der Waals surface area contributed by atoms with Gasteiger partial charge in [0.1, 0.15) is 12.6 Å². The number of hydrogen-bond acceptors (Lipinski definition) is 5. The molecule has 0 radical (unpaired) electrons. The van der Waals surface area contributed by atoms with Gasteiger partial charge in [-0.1, -0.05) is 83.9 Å². The van der Waals surface area contributed by atoms with Crippen LogP contribution in [-0.2, 0) is 20.9 Å². The third kappa shape index (κ3) is 7.55. The van der Waals surface area contributed by atoms with Crippen LogP contribution in [0.3, 0.4) is 0 Å². The smallest absolute Gasteiger partial charge is 0.330 e. The molecule has 35 heavy (non-hydrogen) atoms. The Morgan fingerprint density at radius 1 is 0.886 bits per heavy atom. The van der Waals surface area contributed by atoms with E-state index in [0.717, 1.165) is 16.7 Å². The van der Waals surface area contributed by atoms with Gasteiger partial charge in [0.25, 0.3) is 5.91 Å². The van der Waals surface area contributed by atoms with Crippen molar-refractivity contribution in [3.63, 3.8) is 0 Å². The van der Waals surface area contributed by atoms with Gasteiger partial charge >= 0.3 is 5.97 Å². The van der Waals surface area contributed by atoms with E-state index in [1.165, 1.54) is 0 Å². The molecule has 0 aliphatic rings. The molecule has 0 spiro atoms. The number of carbonyl (C=O) groups is 3. The molecule has 0 aromatic heterocycles. The summed E-state index contributed by atoms with van der Waals surface area (Å²) in [4.78, 5) is 37.8. The van der Waals surface area contributed by atoms with Crippen molar-refractivity contribution in [3.8, 4) is 11.1 Å². The highest BCUT2D eigenvalue weighted by molar-refractivity contribution is 6.40. The molecule has 3 aromatic rings. The first-order valence-corrected chi connectivity index (χ1v) is 11.6. The molecule has 7 nitrogen and oxygen atoms in total. The zero-order chi connectivity index (χ0) is 25.2. The fourth-order valence-electron chi connectivity index (χ4n) is 3.28. The number of benzene rings is 3. The van der Waals surface area contributed by atoms with E-state index in [0.29, 0.717) is 0 Å². The molecule has 3 rings (SSSR count). The van der Waals surface area contributed by atoms with Gasteiger partial charge < -0.3 is 20.7 Å². The SMILES string of the molecule is CNCC(=O)NC[C@H](NC(=O)c1c(Cl)cc(-c2ccccc2)cc1Cl)C(=O)OCc1ccccc1. The molecule has 0 unspecified atom stereocenters. The fourth-order valence-corrected chi connectivity index (χ4v) is 3.94. The summed E-state index contributed by atoms with van der Waals surface area (Å²) < 4.78 is 5.37. The number of ether oxygens (including phenoxy) is 1. The maximum Gasteiger partial charge on any atom is 0.330 e. The van der Waals surface area contributed by atoms with Gasteiger partial charge in [-0.15, -0.1) is 0 Å². The molecule has 0 heterocycles. The molecule has 1 atom stereocenters. The van der Waals surface area contributed by atoms with E-state index in [9.17, 15) is 14.4 Å². The molecule has 3 N–H and O–H groups in total. The van der Waals surface area contributed by atoms with Crippen molar-refractivity contribution < 1.29 is 19.1 Å². The first-order valence-electron chi connectivity index (χ1n) is 10.9. The van der Waals surface area contributed by atoms with Crippen LogP contribution in [0.15, 0.2) is 72.8 Å². The van der Waals surface area contributed by atoms with Crippen molar-refractivity contribution in [2.75, 3.05) is 20.1 Å². The second-order valence-electron chi connectivity index (χ2n) is 7.63. The number of likely N-dealkylation sites (N-methyl/N-ethyl adjacent to an activating group) is 1. The van der Waals surface area contributed by atoms with Crippen LogP contribution in [0.1, 0.15) is 15.9 Å². The van der Waals surface area contributed by atoms with E-state index in [-0.39, 0.29) is 41.2 Å². The summed E-state index contributed by atoms with van der Waals surface area (Å²) in [6.07, 6.45) is 0. The molecule has 3 aromatic carbocycles. The van der Waals surface area contributed by atoms with E-state index in [2.05, 4.69) is 16.0 Å². The van der Waals surface area contributed by atoms with Crippen LogP contribution in [0.2, 0.25) is 10.0 Å². The third-order valence-corrected chi connectivity index (χ3v) is 5.63. The Bertz CT molecular complexity index is 1150. The second-order valence-corrected chi connectivity index (χ2v) is 8.45. The number of hydrogen-bond donors (Lipinski definition) is 3. The maximum atomic E-state index is 13.1. The van der Waals surface area contributed by atoms with Gasteiger partial charge in [0, 0.05) is 6.54 Å². The lowest BCUT2D eigenvalue weighted by molar-refractivity contribution is -0.147. The lowest BCUT2D eigenvalue weighted by Gasteiger charge is -2.19. The molecular formula is C26H25Cl2N3O4. The van der Waals surface area contributed by atoms with Gasteiger partial charge in [0.05, 0.1) is 22.2 Å². The Labute approximate surface area is 213 Å². The summed E-state index contributed by atoms with van der Waals surface area (Å²) in [6, 6.07) is 20.7. The molecule has 0 saturated carbocycles. The molecule has 0 aliphatic carbocycles. The molecule has 2 amide bonds. The Morgan fingerprint density at radius 3 is 2.09 bits per heavy atom. The molecule has 0 aliphatic heterocycles. The average molecular weight is 514 g/mol. The second kappa shape index (κ2) is 12.9. The van der Waals surface area contributed by atoms with Crippen molar-refractivity contribution in [2.24, 2.45) is 0 Å². The zero-order valence-corrected chi connectivity index (χ0v) is 20.5. The first-order chi connectivity index (χ1) is 16.9. The quantitative estimate of drug-likeness (QED) is 0.358. The average Bonchev–Trinajstić information content (AvgIpc) is 2.86. The number of carbonyl (C=O) groups excluding carboxylic acids is 3. The molecular weight excluding hydrogens is 489 g/mol. The van der Waals surface area contributed by atoms with Gasteiger partial charge in [-0.2, -0.15) is 0 Å². The first kappa shape index (κ1) is 26.2. The van der Waals surface area contributed by atoms with E-state index in [1.807, 2.05) is 60.7 Å². The Morgan fingerprint density at radius 2 is 1.49 bits per heavy atom. The summed E-state index contributed by atoms with van der Waals surface area (Å²) >= 11 is 12.8. The summed E-state index contributed by atoms with van der Waals surface area (Å²) in [6.45, 7) is -0.0979.